The van der Waals surface area contributed by atoms with E-state index in [0.717, 1.165) is 50.7 Å². The topological polar surface area (TPSA) is 70.6 Å². The number of hydrogen-bond acceptors (Lipinski definition) is 6. The highest BCUT2D eigenvalue weighted by Crippen LogP contribution is 2.21. The second-order valence-electron chi connectivity index (χ2n) is 7.71. The molecule has 1 amide bonds. The third-order valence-electron chi connectivity index (χ3n) is 4.30. The zero-order valence-electron chi connectivity index (χ0n) is 15.0. The minimum absolute atomic E-state index is 0.0746. The summed E-state index contributed by atoms with van der Waals surface area (Å²) in [6.45, 7) is 9.12. The number of amides is 1. The third kappa shape index (κ3) is 4.14. The number of nitrogens with zero attached hydrogens (tertiary/aromatic N) is 4. The van der Waals surface area contributed by atoms with Gasteiger partial charge in [-0.05, 0) is 34.2 Å². The van der Waals surface area contributed by atoms with Crippen molar-refractivity contribution in [2.75, 3.05) is 31.6 Å². The number of hydrogen-bond donors (Lipinski definition) is 1. The van der Waals surface area contributed by atoms with Gasteiger partial charge in [-0.25, -0.2) is 14.8 Å². The number of carbonyl (C=O) groups is 1. The number of nitrogens with one attached hydrogen (secondary N) is 1. The summed E-state index contributed by atoms with van der Waals surface area (Å²) in [4.78, 5) is 25.6. The molecule has 1 aromatic rings. The van der Waals surface area contributed by atoms with Crippen LogP contribution >= 0.6 is 0 Å². The van der Waals surface area contributed by atoms with E-state index in [1.165, 1.54) is 5.56 Å². The first-order valence-corrected chi connectivity index (χ1v) is 8.58. The van der Waals surface area contributed by atoms with Crippen molar-refractivity contribution in [1.82, 2.24) is 20.2 Å². The van der Waals surface area contributed by atoms with Crippen molar-refractivity contribution >= 4 is 12.0 Å². The number of ether oxygens (including phenoxy) is 1. The summed E-state index contributed by atoms with van der Waals surface area (Å²) in [6.07, 6.45) is 3.43. The first kappa shape index (κ1) is 17.0. The summed E-state index contributed by atoms with van der Waals surface area (Å²) in [5.74, 6) is 0.770. The molecule has 0 saturated carbocycles. The maximum Gasteiger partial charge on any atom is 0.407 e. The number of aromatic nitrogens is 2. The SMILES string of the molecule is CN1CCc2nc(N3CCC(NC(=O)OC(C)(C)C)C3)ncc2C1. The van der Waals surface area contributed by atoms with Crippen molar-refractivity contribution < 1.29 is 9.53 Å². The highest BCUT2D eigenvalue weighted by Gasteiger charge is 2.28. The van der Waals surface area contributed by atoms with Crippen LogP contribution in [0.15, 0.2) is 6.20 Å². The Morgan fingerprint density at radius 1 is 1.38 bits per heavy atom. The van der Waals surface area contributed by atoms with Crippen molar-refractivity contribution in [1.29, 1.82) is 0 Å². The number of alkyl carbamates (subject to hydrolysis) is 1. The number of carbonyl (C=O) groups excluding carboxylic acids is 1. The summed E-state index contributed by atoms with van der Waals surface area (Å²) in [6, 6.07) is 0.0746. The van der Waals surface area contributed by atoms with E-state index in [-0.39, 0.29) is 12.1 Å². The van der Waals surface area contributed by atoms with Gasteiger partial charge in [0.25, 0.3) is 0 Å². The lowest BCUT2D eigenvalue weighted by Gasteiger charge is -2.25. The van der Waals surface area contributed by atoms with E-state index in [1.54, 1.807) is 0 Å². The molecule has 1 aromatic heterocycles. The van der Waals surface area contributed by atoms with Crippen molar-refractivity contribution in [3.05, 3.63) is 17.5 Å². The normalized spacial score (nSPS) is 21.5. The fourth-order valence-electron chi connectivity index (χ4n) is 3.13. The molecule has 2 aliphatic heterocycles. The molecule has 1 unspecified atom stereocenters. The Hall–Kier alpha value is -1.89. The van der Waals surface area contributed by atoms with Crippen molar-refractivity contribution in [2.24, 2.45) is 0 Å². The van der Waals surface area contributed by atoms with Crippen LogP contribution in [0.5, 0.6) is 0 Å². The standard InChI is InChI=1S/C17H27N5O2/c1-17(2,3)24-16(23)19-13-5-8-22(11-13)15-18-9-12-10-21(4)7-6-14(12)20-15/h9,13H,5-8,10-11H2,1-4H3,(H,19,23). The molecule has 0 aliphatic carbocycles. The van der Waals surface area contributed by atoms with Gasteiger partial charge < -0.3 is 19.9 Å². The van der Waals surface area contributed by atoms with Crippen LogP contribution in [-0.2, 0) is 17.7 Å². The highest BCUT2D eigenvalue weighted by molar-refractivity contribution is 5.68. The van der Waals surface area contributed by atoms with Gasteiger partial charge in [-0.15, -0.1) is 0 Å². The molecule has 7 nitrogen and oxygen atoms in total. The lowest BCUT2D eigenvalue weighted by Crippen LogP contribution is -2.40. The van der Waals surface area contributed by atoms with E-state index < -0.39 is 5.60 Å². The Morgan fingerprint density at radius 3 is 2.92 bits per heavy atom. The van der Waals surface area contributed by atoms with Crippen LogP contribution < -0.4 is 10.2 Å². The molecule has 3 heterocycles. The van der Waals surface area contributed by atoms with Gasteiger partial charge in [0.15, 0.2) is 0 Å². The molecule has 7 heteroatoms. The average Bonchev–Trinajstić information content (AvgIpc) is 2.93. The van der Waals surface area contributed by atoms with Crippen LogP contribution in [-0.4, -0.2) is 59.3 Å². The lowest BCUT2D eigenvalue weighted by molar-refractivity contribution is 0.0509. The van der Waals surface area contributed by atoms with Gasteiger partial charge in [-0.3, -0.25) is 0 Å². The highest BCUT2D eigenvalue weighted by atomic mass is 16.6. The maximum absolute atomic E-state index is 11.9. The monoisotopic (exact) mass is 333 g/mol. The molecule has 0 aromatic carbocycles. The molecule has 3 rings (SSSR count). The number of likely N-dealkylation sites (N-methyl/N-ethyl adjacent to an activating group) is 1. The predicted octanol–water partition coefficient (Wildman–Crippen LogP) is 1.57. The fraction of sp³-hybridized carbons (Fsp3) is 0.706. The average molecular weight is 333 g/mol. The van der Waals surface area contributed by atoms with Gasteiger partial charge in [0.2, 0.25) is 5.95 Å². The van der Waals surface area contributed by atoms with Gasteiger partial charge in [0.05, 0.1) is 11.7 Å². The number of rotatable bonds is 2. The van der Waals surface area contributed by atoms with E-state index >= 15 is 0 Å². The van der Waals surface area contributed by atoms with Crippen LogP contribution in [0, 0.1) is 0 Å². The molecule has 1 N–H and O–H groups in total. The van der Waals surface area contributed by atoms with Crippen molar-refractivity contribution in [3.63, 3.8) is 0 Å². The van der Waals surface area contributed by atoms with Gasteiger partial charge in [-0.2, -0.15) is 0 Å². The molecule has 0 bridgehead atoms. The van der Waals surface area contributed by atoms with Crippen LogP contribution in [0.25, 0.3) is 0 Å². The molecule has 1 saturated heterocycles. The zero-order chi connectivity index (χ0) is 17.3. The fourth-order valence-corrected chi connectivity index (χ4v) is 3.13. The van der Waals surface area contributed by atoms with E-state index in [9.17, 15) is 4.79 Å². The molecule has 0 radical (unpaired) electrons. The van der Waals surface area contributed by atoms with E-state index in [0.29, 0.717) is 0 Å². The van der Waals surface area contributed by atoms with Crippen LogP contribution in [0.2, 0.25) is 0 Å². The Kier molecular flexibility index (Phi) is 4.62. The Morgan fingerprint density at radius 2 is 2.17 bits per heavy atom. The molecular formula is C17H27N5O2. The number of fused-ring (bicyclic) bond motifs is 1. The lowest BCUT2D eigenvalue weighted by atomic mass is 10.1. The molecule has 24 heavy (non-hydrogen) atoms. The molecular weight excluding hydrogens is 306 g/mol. The van der Waals surface area contributed by atoms with Gasteiger partial charge in [-0.1, -0.05) is 0 Å². The Balaban J connectivity index is 1.59. The van der Waals surface area contributed by atoms with Crippen LogP contribution in [0.4, 0.5) is 10.7 Å². The van der Waals surface area contributed by atoms with Crippen LogP contribution in [0.3, 0.4) is 0 Å². The molecule has 1 atom stereocenters. The molecule has 0 spiro atoms. The van der Waals surface area contributed by atoms with Crippen molar-refractivity contribution in [3.8, 4) is 0 Å². The smallest absolute Gasteiger partial charge is 0.407 e. The summed E-state index contributed by atoms with van der Waals surface area (Å²) in [5.41, 5.74) is 1.90. The van der Waals surface area contributed by atoms with Crippen LogP contribution in [0.1, 0.15) is 38.4 Å². The van der Waals surface area contributed by atoms with Crippen molar-refractivity contribution in [2.45, 2.75) is 51.8 Å². The van der Waals surface area contributed by atoms with Gasteiger partial charge in [0, 0.05) is 44.4 Å². The minimum atomic E-state index is -0.475. The summed E-state index contributed by atoms with van der Waals surface area (Å²) >= 11 is 0. The first-order chi connectivity index (χ1) is 11.3. The summed E-state index contributed by atoms with van der Waals surface area (Å²) < 4.78 is 5.32. The van der Waals surface area contributed by atoms with E-state index in [4.69, 9.17) is 9.72 Å². The van der Waals surface area contributed by atoms with Gasteiger partial charge in [0.1, 0.15) is 5.60 Å². The second kappa shape index (κ2) is 6.55. The molecule has 1 fully saturated rings. The largest absolute Gasteiger partial charge is 0.444 e. The second-order valence-corrected chi connectivity index (χ2v) is 7.71. The number of anilines is 1. The zero-order valence-corrected chi connectivity index (χ0v) is 15.0. The summed E-state index contributed by atoms with van der Waals surface area (Å²) in [7, 11) is 2.12. The molecule has 2 aliphatic rings. The Bertz CT molecular complexity index is 613. The van der Waals surface area contributed by atoms with E-state index in [2.05, 4.69) is 27.1 Å². The molecule has 132 valence electrons. The minimum Gasteiger partial charge on any atom is -0.444 e. The summed E-state index contributed by atoms with van der Waals surface area (Å²) in [5, 5.41) is 2.94. The van der Waals surface area contributed by atoms with Gasteiger partial charge >= 0.3 is 6.09 Å². The third-order valence-corrected chi connectivity index (χ3v) is 4.30. The predicted molar refractivity (Wildman–Crippen MR) is 92.1 cm³/mol. The van der Waals surface area contributed by atoms with E-state index in [1.807, 2.05) is 27.0 Å². The Labute approximate surface area is 143 Å². The first-order valence-electron chi connectivity index (χ1n) is 8.58. The maximum atomic E-state index is 11.9. The quantitative estimate of drug-likeness (QED) is 0.886.